The smallest absolute Gasteiger partial charge is 0.321 e. The van der Waals surface area contributed by atoms with Crippen LogP contribution >= 0.6 is 11.3 Å². The van der Waals surface area contributed by atoms with Crippen molar-refractivity contribution in [3.8, 4) is 0 Å². The van der Waals surface area contributed by atoms with E-state index >= 15 is 0 Å². The van der Waals surface area contributed by atoms with Crippen LogP contribution in [0.25, 0.3) is 0 Å². The molecule has 16 heavy (non-hydrogen) atoms. The maximum atomic E-state index is 11.3. The predicted molar refractivity (Wildman–Crippen MR) is 64.8 cm³/mol. The van der Waals surface area contributed by atoms with Gasteiger partial charge in [0.2, 0.25) is 0 Å². The molecule has 1 aromatic heterocycles. The average Bonchev–Trinajstić information content (AvgIpc) is 2.66. The normalized spacial score (nSPS) is 10.1. The second-order valence-corrected chi connectivity index (χ2v) is 4.21. The highest BCUT2D eigenvalue weighted by atomic mass is 32.1. The summed E-state index contributed by atoms with van der Waals surface area (Å²) in [6, 6.07) is -0.272. The lowest BCUT2D eigenvalue weighted by Gasteiger charge is -2.03. The number of aryl methyl sites for hydroxylation is 1. The van der Waals surface area contributed by atoms with Crippen LogP contribution in [0.1, 0.15) is 25.5 Å². The molecule has 0 aliphatic rings. The molecule has 0 fully saturated rings. The van der Waals surface area contributed by atoms with Crippen LogP contribution in [0.2, 0.25) is 0 Å². The second-order valence-electron chi connectivity index (χ2n) is 3.35. The molecule has 0 atom stereocenters. The first-order valence-corrected chi connectivity index (χ1v) is 6.24. The Balaban J connectivity index is 2.31. The molecule has 0 bridgehead atoms. The lowest BCUT2D eigenvalue weighted by molar-refractivity contribution is 0.249. The van der Waals surface area contributed by atoms with Gasteiger partial charge in [-0.2, -0.15) is 0 Å². The lowest BCUT2D eigenvalue weighted by Crippen LogP contribution is -2.29. The summed E-state index contributed by atoms with van der Waals surface area (Å²) in [5, 5.41) is 16.4. The van der Waals surface area contributed by atoms with Gasteiger partial charge in [0.15, 0.2) is 5.13 Å². The molecule has 90 valence electrons. The van der Waals surface area contributed by atoms with E-state index in [0.29, 0.717) is 18.1 Å². The quantitative estimate of drug-likeness (QED) is 0.664. The average molecular weight is 243 g/mol. The number of rotatable bonds is 6. The van der Waals surface area contributed by atoms with Gasteiger partial charge >= 0.3 is 6.03 Å². The molecule has 0 aliphatic heterocycles. The fraction of sp³-hybridized carbons (Fsp3) is 0.600. The number of urea groups is 1. The van der Waals surface area contributed by atoms with Crippen molar-refractivity contribution in [2.75, 3.05) is 18.5 Å². The zero-order valence-electron chi connectivity index (χ0n) is 9.32. The summed E-state index contributed by atoms with van der Waals surface area (Å²) in [6.07, 6.45) is 2.54. The first kappa shape index (κ1) is 12.9. The number of thiazole rings is 1. The van der Waals surface area contributed by atoms with Gasteiger partial charge in [0.25, 0.3) is 0 Å². The van der Waals surface area contributed by atoms with Crippen LogP contribution in [0.5, 0.6) is 0 Å². The number of anilines is 1. The van der Waals surface area contributed by atoms with Crippen molar-refractivity contribution in [3.05, 3.63) is 11.1 Å². The lowest BCUT2D eigenvalue weighted by atomic mass is 10.3. The molecule has 1 aromatic rings. The van der Waals surface area contributed by atoms with Crippen LogP contribution < -0.4 is 10.6 Å². The van der Waals surface area contributed by atoms with Crippen molar-refractivity contribution in [1.82, 2.24) is 10.3 Å². The van der Waals surface area contributed by atoms with Crippen molar-refractivity contribution in [2.24, 2.45) is 0 Å². The highest BCUT2D eigenvalue weighted by Gasteiger charge is 2.05. The molecular formula is C10H17N3O2S. The van der Waals surface area contributed by atoms with E-state index in [1.165, 1.54) is 11.3 Å². The number of amides is 2. The third kappa shape index (κ3) is 4.59. The Morgan fingerprint density at radius 3 is 3.12 bits per heavy atom. The van der Waals surface area contributed by atoms with E-state index in [9.17, 15) is 4.79 Å². The maximum Gasteiger partial charge on any atom is 0.321 e. The van der Waals surface area contributed by atoms with Crippen molar-refractivity contribution in [1.29, 1.82) is 0 Å². The van der Waals surface area contributed by atoms with Crippen LogP contribution in [0, 0.1) is 0 Å². The Morgan fingerprint density at radius 1 is 1.62 bits per heavy atom. The van der Waals surface area contributed by atoms with E-state index < -0.39 is 0 Å². The number of nitrogens with one attached hydrogen (secondary N) is 2. The third-order valence-corrected chi connectivity index (χ3v) is 2.71. The standard InChI is InChI=1S/C10H17N3O2S/c1-2-4-8-7-16-10(12-8)13-9(15)11-5-3-6-14/h7,14H,2-6H2,1H3,(H2,11,12,13,15). The summed E-state index contributed by atoms with van der Waals surface area (Å²) in [6.45, 7) is 2.64. The number of nitrogens with zero attached hydrogens (tertiary/aromatic N) is 1. The van der Waals surface area contributed by atoms with E-state index in [4.69, 9.17) is 5.11 Å². The molecule has 0 saturated heterocycles. The van der Waals surface area contributed by atoms with Crippen molar-refractivity contribution in [2.45, 2.75) is 26.2 Å². The van der Waals surface area contributed by atoms with Gasteiger partial charge in [0, 0.05) is 18.5 Å². The zero-order valence-corrected chi connectivity index (χ0v) is 10.1. The van der Waals surface area contributed by atoms with Crippen LogP contribution in [-0.2, 0) is 6.42 Å². The first-order chi connectivity index (χ1) is 7.76. The van der Waals surface area contributed by atoms with E-state index in [-0.39, 0.29) is 12.6 Å². The Bertz CT molecular complexity index is 328. The van der Waals surface area contributed by atoms with E-state index in [0.717, 1.165) is 18.5 Å². The number of aliphatic hydroxyl groups excluding tert-OH is 1. The summed E-state index contributed by atoms with van der Waals surface area (Å²) in [5.74, 6) is 0. The van der Waals surface area contributed by atoms with Crippen molar-refractivity contribution < 1.29 is 9.90 Å². The van der Waals surface area contributed by atoms with Gasteiger partial charge in [0.1, 0.15) is 0 Å². The van der Waals surface area contributed by atoms with Crippen molar-refractivity contribution in [3.63, 3.8) is 0 Å². The molecule has 1 rings (SSSR count). The summed E-state index contributed by atoms with van der Waals surface area (Å²) in [4.78, 5) is 15.6. The van der Waals surface area contributed by atoms with Gasteiger partial charge in [-0.15, -0.1) is 11.3 Å². The minimum Gasteiger partial charge on any atom is -0.396 e. The molecule has 1 heterocycles. The number of hydrogen-bond donors (Lipinski definition) is 3. The Morgan fingerprint density at radius 2 is 2.44 bits per heavy atom. The summed E-state index contributed by atoms with van der Waals surface area (Å²) in [5.41, 5.74) is 1.01. The minimum atomic E-state index is -0.272. The molecule has 0 radical (unpaired) electrons. The van der Waals surface area contributed by atoms with Crippen LogP contribution in [0.4, 0.5) is 9.93 Å². The molecule has 5 nitrogen and oxygen atoms in total. The number of aromatic nitrogens is 1. The number of carbonyl (C=O) groups is 1. The molecule has 2 amide bonds. The van der Waals surface area contributed by atoms with Gasteiger partial charge in [-0.1, -0.05) is 13.3 Å². The fourth-order valence-corrected chi connectivity index (χ4v) is 1.90. The van der Waals surface area contributed by atoms with Crippen LogP contribution in [-0.4, -0.2) is 29.3 Å². The minimum absolute atomic E-state index is 0.0815. The highest BCUT2D eigenvalue weighted by Crippen LogP contribution is 2.16. The van der Waals surface area contributed by atoms with Gasteiger partial charge in [0.05, 0.1) is 5.69 Å². The highest BCUT2D eigenvalue weighted by molar-refractivity contribution is 7.13. The van der Waals surface area contributed by atoms with Crippen LogP contribution in [0.3, 0.4) is 0 Å². The van der Waals surface area contributed by atoms with Gasteiger partial charge in [-0.25, -0.2) is 9.78 Å². The van der Waals surface area contributed by atoms with Crippen LogP contribution in [0.15, 0.2) is 5.38 Å². The first-order valence-electron chi connectivity index (χ1n) is 5.36. The topological polar surface area (TPSA) is 74.2 Å². The van der Waals surface area contributed by atoms with Crippen molar-refractivity contribution >= 4 is 22.5 Å². The Hall–Kier alpha value is -1.14. The predicted octanol–water partition coefficient (Wildman–Crippen LogP) is 1.60. The molecule has 0 saturated carbocycles. The molecular weight excluding hydrogens is 226 g/mol. The van der Waals surface area contributed by atoms with Gasteiger partial charge in [-0.05, 0) is 12.8 Å². The SMILES string of the molecule is CCCc1csc(NC(=O)NCCCO)n1. The molecule has 0 unspecified atom stereocenters. The fourth-order valence-electron chi connectivity index (χ4n) is 1.16. The number of hydrogen-bond acceptors (Lipinski definition) is 4. The molecule has 0 aliphatic carbocycles. The Kier molecular flexibility index (Phi) is 5.81. The largest absolute Gasteiger partial charge is 0.396 e. The molecule has 6 heteroatoms. The second kappa shape index (κ2) is 7.19. The zero-order chi connectivity index (χ0) is 11.8. The molecule has 3 N–H and O–H groups in total. The van der Waals surface area contributed by atoms with E-state index in [1.807, 2.05) is 5.38 Å². The molecule has 0 spiro atoms. The summed E-state index contributed by atoms with van der Waals surface area (Å²) < 4.78 is 0. The monoisotopic (exact) mass is 243 g/mol. The van der Waals surface area contributed by atoms with Gasteiger partial charge < -0.3 is 10.4 Å². The maximum absolute atomic E-state index is 11.3. The van der Waals surface area contributed by atoms with E-state index in [2.05, 4.69) is 22.5 Å². The summed E-state index contributed by atoms with van der Waals surface area (Å²) >= 11 is 1.42. The number of aliphatic hydroxyl groups is 1. The number of carbonyl (C=O) groups excluding carboxylic acids is 1. The summed E-state index contributed by atoms with van der Waals surface area (Å²) in [7, 11) is 0. The third-order valence-electron chi connectivity index (χ3n) is 1.90. The van der Waals surface area contributed by atoms with Gasteiger partial charge in [-0.3, -0.25) is 5.32 Å². The molecule has 0 aromatic carbocycles. The Labute approximate surface area is 98.9 Å². The van der Waals surface area contributed by atoms with E-state index in [1.54, 1.807) is 0 Å².